The number of hydrogen-bond acceptors (Lipinski definition) is 5. The molecule has 1 unspecified atom stereocenters. The number of rotatable bonds is 6. The van der Waals surface area contributed by atoms with Crippen LogP contribution in [0, 0.1) is 0 Å². The highest BCUT2D eigenvalue weighted by atomic mass is 16.5. The van der Waals surface area contributed by atoms with E-state index < -0.39 is 0 Å². The molecule has 1 saturated heterocycles. The van der Waals surface area contributed by atoms with Crippen LogP contribution in [0.1, 0.15) is 30.6 Å². The molecule has 5 nitrogen and oxygen atoms in total. The minimum Gasteiger partial charge on any atom is -0.378 e. The molecule has 0 radical (unpaired) electrons. The van der Waals surface area contributed by atoms with Crippen molar-refractivity contribution in [3.8, 4) is 0 Å². The van der Waals surface area contributed by atoms with Crippen molar-refractivity contribution in [2.24, 2.45) is 0 Å². The number of hydrogen-bond donors (Lipinski definition) is 0. The molecule has 0 N–H and O–H groups in total. The molecule has 0 saturated carbocycles. The summed E-state index contributed by atoms with van der Waals surface area (Å²) in [5.41, 5.74) is 3.43. The van der Waals surface area contributed by atoms with Crippen molar-refractivity contribution in [2.45, 2.75) is 25.9 Å². The second-order valence-corrected chi connectivity index (χ2v) is 7.36. The molecule has 1 atom stereocenters. The van der Waals surface area contributed by atoms with Gasteiger partial charge in [-0.2, -0.15) is 0 Å². The second kappa shape index (κ2) is 8.67. The molecule has 1 aliphatic rings. The van der Waals surface area contributed by atoms with Crippen molar-refractivity contribution in [1.29, 1.82) is 0 Å². The molecule has 1 aliphatic heterocycles. The summed E-state index contributed by atoms with van der Waals surface area (Å²) in [6.07, 6.45) is 2.89. The Morgan fingerprint density at radius 1 is 1.11 bits per heavy atom. The minimum atomic E-state index is 0.283. The van der Waals surface area contributed by atoms with E-state index in [2.05, 4.69) is 71.2 Å². The maximum atomic E-state index is 5.55. The summed E-state index contributed by atoms with van der Waals surface area (Å²) >= 11 is 0. The molecule has 0 amide bonds. The van der Waals surface area contributed by atoms with E-state index in [0.717, 1.165) is 56.3 Å². The van der Waals surface area contributed by atoms with Crippen LogP contribution in [0.4, 0.5) is 5.82 Å². The van der Waals surface area contributed by atoms with Gasteiger partial charge >= 0.3 is 0 Å². The van der Waals surface area contributed by atoms with Gasteiger partial charge in [0.05, 0.1) is 30.5 Å². The zero-order valence-electron chi connectivity index (χ0n) is 16.7. The number of ether oxygens (including phenoxy) is 1. The van der Waals surface area contributed by atoms with Crippen molar-refractivity contribution in [1.82, 2.24) is 14.9 Å². The average Bonchev–Trinajstić information content (AvgIpc) is 2.75. The lowest BCUT2D eigenvalue weighted by Crippen LogP contribution is -2.38. The first-order valence-electron chi connectivity index (χ1n) is 10.1. The summed E-state index contributed by atoms with van der Waals surface area (Å²) in [6.45, 7) is 6.35. The maximum absolute atomic E-state index is 5.55. The monoisotopic (exact) mass is 376 g/mol. The number of fused-ring (bicyclic) bond motifs is 1. The number of pyridine rings is 2. The Morgan fingerprint density at radius 2 is 1.89 bits per heavy atom. The zero-order valence-corrected chi connectivity index (χ0v) is 16.7. The van der Waals surface area contributed by atoms with Crippen LogP contribution in [-0.4, -0.2) is 48.2 Å². The van der Waals surface area contributed by atoms with Gasteiger partial charge in [0.15, 0.2) is 0 Å². The molecule has 0 spiro atoms. The predicted octanol–water partition coefficient (Wildman–Crippen LogP) is 4.05. The molecular weight excluding hydrogens is 348 g/mol. The topological polar surface area (TPSA) is 41.5 Å². The van der Waals surface area contributed by atoms with Crippen molar-refractivity contribution < 1.29 is 4.74 Å². The van der Waals surface area contributed by atoms with Gasteiger partial charge in [0, 0.05) is 36.8 Å². The number of anilines is 1. The Kier molecular flexibility index (Phi) is 5.84. The van der Waals surface area contributed by atoms with Gasteiger partial charge in [0.1, 0.15) is 5.82 Å². The Balaban J connectivity index is 1.67. The lowest BCUT2D eigenvalue weighted by molar-refractivity contribution is 0.122. The fraction of sp³-hybridized carbons (Fsp3) is 0.391. The number of aromatic nitrogens is 2. The second-order valence-electron chi connectivity index (χ2n) is 7.36. The van der Waals surface area contributed by atoms with Gasteiger partial charge in [-0.25, -0.2) is 4.98 Å². The summed E-state index contributed by atoms with van der Waals surface area (Å²) in [6, 6.07) is 17.1. The molecule has 2 aromatic heterocycles. The van der Waals surface area contributed by atoms with Crippen LogP contribution in [0.5, 0.6) is 0 Å². The van der Waals surface area contributed by atoms with E-state index in [0.29, 0.717) is 0 Å². The van der Waals surface area contributed by atoms with Crippen LogP contribution in [0.3, 0.4) is 0 Å². The van der Waals surface area contributed by atoms with E-state index in [-0.39, 0.29) is 6.04 Å². The number of benzene rings is 1. The van der Waals surface area contributed by atoms with E-state index in [9.17, 15) is 0 Å². The molecule has 28 heavy (non-hydrogen) atoms. The van der Waals surface area contributed by atoms with E-state index in [1.54, 1.807) is 0 Å². The predicted molar refractivity (Wildman–Crippen MR) is 114 cm³/mol. The summed E-state index contributed by atoms with van der Waals surface area (Å²) in [5, 5.41) is 1.19. The zero-order chi connectivity index (χ0) is 19.3. The molecule has 0 bridgehead atoms. The Hall–Kier alpha value is -2.50. The van der Waals surface area contributed by atoms with E-state index >= 15 is 0 Å². The summed E-state index contributed by atoms with van der Waals surface area (Å²) in [5.74, 6) is 1.09. The lowest BCUT2D eigenvalue weighted by Gasteiger charge is -2.32. The van der Waals surface area contributed by atoms with Crippen molar-refractivity contribution in [3.05, 3.63) is 66.0 Å². The molecule has 1 aromatic carbocycles. The molecule has 5 heteroatoms. The Morgan fingerprint density at radius 3 is 2.64 bits per heavy atom. The molecule has 3 heterocycles. The van der Waals surface area contributed by atoms with Gasteiger partial charge in [-0.15, -0.1) is 0 Å². The third kappa shape index (κ3) is 4.01. The van der Waals surface area contributed by atoms with Crippen LogP contribution in [0.25, 0.3) is 10.9 Å². The SMILES string of the molecule is CCC(c1ccccn1)N(C)Cc1cc2ccccc2nc1N1CCOCC1. The molecule has 146 valence electrons. The lowest BCUT2D eigenvalue weighted by atomic mass is 10.1. The molecule has 1 fully saturated rings. The third-order valence-corrected chi connectivity index (χ3v) is 5.46. The highest BCUT2D eigenvalue weighted by molar-refractivity contribution is 5.81. The van der Waals surface area contributed by atoms with Gasteiger partial charge < -0.3 is 9.64 Å². The average molecular weight is 377 g/mol. The Labute approximate surface area is 167 Å². The van der Waals surface area contributed by atoms with E-state index in [4.69, 9.17) is 9.72 Å². The molecular formula is C23H28N4O. The van der Waals surface area contributed by atoms with Crippen LogP contribution >= 0.6 is 0 Å². The van der Waals surface area contributed by atoms with Crippen molar-refractivity contribution in [3.63, 3.8) is 0 Å². The minimum absolute atomic E-state index is 0.283. The van der Waals surface area contributed by atoms with Crippen molar-refractivity contribution >= 4 is 16.7 Å². The van der Waals surface area contributed by atoms with E-state index in [1.807, 2.05) is 12.3 Å². The summed E-state index contributed by atoms with van der Waals surface area (Å²) < 4.78 is 5.55. The highest BCUT2D eigenvalue weighted by Gasteiger charge is 2.21. The quantitative estimate of drug-likeness (QED) is 0.649. The Bertz CT molecular complexity index is 909. The number of para-hydroxylation sites is 1. The smallest absolute Gasteiger partial charge is 0.133 e. The van der Waals surface area contributed by atoms with Gasteiger partial charge in [-0.05, 0) is 37.7 Å². The first-order valence-corrected chi connectivity index (χ1v) is 10.1. The van der Waals surface area contributed by atoms with Crippen LogP contribution < -0.4 is 4.90 Å². The van der Waals surface area contributed by atoms with E-state index in [1.165, 1.54) is 10.9 Å². The molecule has 0 aliphatic carbocycles. The number of nitrogens with zero attached hydrogens (tertiary/aromatic N) is 4. The molecule has 3 aromatic rings. The highest BCUT2D eigenvalue weighted by Crippen LogP contribution is 2.29. The van der Waals surface area contributed by atoms with Crippen LogP contribution in [-0.2, 0) is 11.3 Å². The van der Waals surface area contributed by atoms with Crippen molar-refractivity contribution in [2.75, 3.05) is 38.3 Å². The van der Waals surface area contributed by atoms with Gasteiger partial charge in [0.2, 0.25) is 0 Å². The van der Waals surface area contributed by atoms with Crippen LogP contribution in [0.15, 0.2) is 54.7 Å². The van der Waals surface area contributed by atoms with Crippen LogP contribution in [0.2, 0.25) is 0 Å². The van der Waals surface area contributed by atoms with Gasteiger partial charge in [-0.1, -0.05) is 31.2 Å². The van der Waals surface area contributed by atoms with Gasteiger partial charge in [0.25, 0.3) is 0 Å². The maximum Gasteiger partial charge on any atom is 0.133 e. The largest absolute Gasteiger partial charge is 0.378 e. The fourth-order valence-corrected chi connectivity index (χ4v) is 4.01. The normalized spacial score (nSPS) is 15.9. The molecule has 4 rings (SSSR count). The summed E-state index contributed by atoms with van der Waals surface area (Å²) in [7, 11) is 2.18. The van der Waals surface area contributed by atoms with Gasteiger partial charge in [-0.3, -0.25) is 9.88 Å². The number of morpholine rings is 1. The summed E-state index contributed by atoms with van der Waals surface area (Å²) in [4.78, 5) is 14.4. The third-order valence-electron chi connectivity index (χ3n) is 5.46. The first-order chi connectivity index (χ1) is 13.8. The first kappa shape index (κ1) is 18.8. The standard InChI is InChI=1S/C23H28N4O/c1-3-22(21-10-6-7-11-24-21)26(2)17-19-16-18-8-4-5-9-20(18)25-23(19)27-12-14-28-15-13-27/h4-11,16,22H,3,12-15,17H2,1-2H3. The fourth-order valence-electron chi connectivity index (χ4n) is 4.01.